The Hall–Kier alpha value is -4.57. The molecule has 244 valence electrons. The molecule has 46 heavy (non-hydrogen) atoms. The van der Waals surface area contributed by atoms with Gasteiger partial charge in [-0.25, -0.2) is 19.6 Å². The fourth-order valence-corrected chi connectivity index (χ4v) is 5.46. The summed E-state index contributed by atoms with van der Waals surface area (Å²) < 4.78 is 51.9. The van der Waals surface area contributed by atoms with Crippen molar-refractivity contribution in [3.63, 3.8) is 0 Å². The molecule has 0 aliphatic carbocycles. The van der Waals surface area contributed by atoms with Gasteiger partial charge in [-0.05, 0) is 70.0 Å². The smallest absolute Gasteiger partial charge is 0.410 e. The van der Waals surface area contributed by atoms with Crippen LogP contribution in [0.2, 0.25) is 0 Å². The summed E-state index contributed by atoms with van der Waals surface area (Å²) >= 11 is 0. The highest BCUT2D eigenvalue weighted by atomic mass is 19.4. The van der Waals surface area contributed by atoms with Crippen molar-refractivity contribution >= 4 is 29.0 Å². The summed E-state index contributed by atoms with van der Waals surface area (Å²) in [7, 11) is 0. The predicted molar refractivity (Wildman–Crippen MR) is 169 cm³/mol. The zero-order valence-corrected chi connectivity index (χ0v) is 26.2. The van der Waals surface area contributed by atoms with E-state index in [0.717, 1.165) is 54.8 Å². The maximum Gasteiger partial charge on any atom is 0.410 e. The average molecular weight is 638 g/mol. The summed E-state index contributed by atoms with van der Waals surface area (Å²) in [6.45, 7) is 17.9. The van der Waals surface area contributed by atoms with Crippen molar-refractivity contribution in [2.45, 2.75) is 51.9 Å². The average Bonchev–Trinajstić information content (AvgIpc) is 3.02. The number of rotatable bonds is 8. The molecule has 0 atom stereocenters. The van der Waals surface area contributed by atoms with Crippen molar-refractivity contribution in [2.75, 3.05) is 56.1 Å². The van der Waals surface area contributed by atoms with Gasteiger partial charge in [0.25, 0.3) is 0 Å². The quantitative estimate of drug-likeness (QED) is 0.217. The van der Waals surface area contributed by atoms with Crippen LogP contribution in [0.1, 0.15) is 44.0 Å². The van der Waals surface area contributed by atoms with Gasteiger partial charge < -0.3 is 24.6 Å². The highest BCUT2D eigenvalue weighted by Crippen LogP contribution is 2.39. The second kappa shape index (κ2) is 13.8. The molecule has 10 nitrogen and oxygen atoms in total. The molecule has 1 aromatic heterocycles. The number of aromatic nitrogens is 2. The molecular formula is C33H38F3N7O3. The number of halogens is 3. The molecule has 0 bridgehead atoms. The Balaban J connectivity index is 1.09. The first kappa shape index (κ1) is 32.8. The van der Waals surface area contributed by atoms with Crippen molar-refractivity contribution in [1.29, 1.82) is 0 Å². The van der Waals surface area contributed by atoms with E-state index in [0.29, 0.717) is 50.7 Å². The predicted octanol–water partition coefficient (Wildman–Crippen LogP) is 6.67. The van der Waals surface area contributed by atoms with Gasteiger partial charge in [0.15, 0.2) is 5.69 Å². The highest BCUT2D eigenvalue weighted by Gasteiger charge is 2.34. The number of piperazine rings is 1. The number of anilines is 3. The van der Waals surface area contributed by atoms with Gasteiger partial charge in [0.05, 0.1) is 31.0 Å². The van der Waals surface area contributed by atoms with Crippen LogP contribution in [0.3, 0.4) is 0 Å². The zero-order chi connectivity index (χ0) is 32.9. The first-order chi connectivity index (χ1) is 21.9. The minimum Gasteiger partial charge on any atom is -0.494 e. The number of ether oxygens (including phenoxy) is 2. The lowest BCUT2D eigenvalue weighted by Crippen LogP contribution is -2.50. The van der Waals surface area contributed by atoms with Crippen LogP contribution in [0.4, 0.5) is 40.8 Å². The molecular weight excluding hydrogens is 599 g/mol. The van der Waals surface area contributed by atoms with Crippen LogP contribution in [0.5, 0.6) is 5.75 Å². The summed E-state index contributed by atoms with van der Waals surface area (Å²) in [6, 6.07) is 11.4. The molecule has 2 aromatic carbocycles. The Morgan fingerprint density at radius 3 is 2.43 bits per heavy atom. The van der Waals surface area contributed by atoms with E-state index in [-0.39, 0.29) is 6.09 Å². The molecule has 1 amide bonds. The molecule has 3 aromatic rings. The number of hydrogen-bond acceptors (Lipinski definition) is 8. The number of hydrogen-bond donors (Lipinski definition) is 1. The Labute approximate surface area is 266 Å². The van der Waals surface area contributed by atoms with Gasteiger partial charge in [0, 0.05) is 56.2 Å². The fraction of sp³-hybridized carbons (Fsp3) is 0.455. The second-order valence-electron chi connectivity index (χ2n) is 12.3. The van der Waals surface area contributed by atoms with Crippen molar-refractivity contribution < 1.29 is 27.4 Å². The number of amides is 1. The molecule has 0 unspecified atom stereocenters. The van der Waals surface area contributed by atoms with Crippen LogP contribution in [-0.2, 0) is 23.9 Å². The molecule has 3 heterocycles. The third-order valence-electron chi connectivity index (χ3n) is 7.81. The van der Waals surface area contributed by atoms with Gasteiger partial charge in [-0.2, -0.15) is 13.2 Å². The van der Waals surface area contributed by atoms with E-state index in [9.17, 15) is 18.0 Å². The van der Waals surface area contributed by atoms with Crippen LogP contribution < -0.4 is 15.0 Å². The van der Waals surface area contributed by atoms with Crippen LogP contribution in [0.25, 0.3) is 4.85 Å². The van der Waals surface area contributed by atoms with E-state index < -0.39 is 23.0 Å². The normalized spacial score (nSPS) is 15.6. The maximum absolute atomic E-state index is 13.5. The monoisotopic (exact) mass is 637 g/mol. The minimum absolute atomic E-state index is 0.258. The number of carbonyl (C=O) groups is 1. The van der Waals surface area contributed by atoms with E-state index in [4.69, 9.17) is 16.0 Å². The minimum atomic E-state index is -4.61. The molecule has 1 N–H and O–H groups in total. The molecule has 5 rings (SSSR count). The van der Waals surface area contributed by atoms with Gasteiger partial charge in [-0.1, -0.05) is 6.07 Å². The third kappa shape index (κ3) is 8.37. The van der Waals surface area contributed by atoms with E-state index in [2.05, 4.69) is 25.0 Å². The van der Waals surface area contributed by atoms with Crippen molar-refractivity contribution in [1.82, 2.24) is 19.8 Å². The topological polar surface area (TPSA) is 87.4 Å². The Bertz CT molecular complexity index is 1560. The van der Waals surface area contributed by atoms with E-state index in [1.165, 1.54) is 12.4 Å². The summed E-state index contributed by atoms with van der Waals surface area (Å²) in [5.41, 5.74) is 1.03. The lowest BCUT2D eigenvalue weighted by molar-refractivity contribution is -0.136. The molecule has 1 saturated heterocycles. The summed E-state index contributed by atoms with van der Waals surface area (Å²) in [5.74, 6) is 1.41. The van der Waals surface area contributed by atoms with Gasteiger partial charge in [0.1, 0.15) is 23.5 Å². The molecule has 0 spiro atoms. The van der Waals surface area contributed by atoms with Gasteiger partial charge in [-0.3, -0.25) is 4.90 Å². The molecule has 2 aliphatic rings. The summed E-state index contributed by atoms with van der Waals surface area (Å²) in [5, 5.41) is 3.34. The second-order valence-corrected chi connectivity index (χ2v) is 12.3. The highest BCUT2D eigenvalue weighted by molar-refractivity contribution is 5.68. The molecule has 1 fully saturated rings. The molecule has 0 radical (unpaired) electrons. The largest absolute Gasteiger partial charge is 0.494 e. The van der Waals surface area contributed by atoms with Crippen LogP contribution >= 0.6 is 0 Å². The number of nitrogens with zero attached hydrogens (tertiary/aromatic N) is 6. The number of alkyl halides is 3. The van der Waals surface area contributed by atoms with Crippen molar-refractivity contribution in [2.24, 2.45) is 0 Å². The summed E-state index contributed by atoms with van der Waals surface area (Å²) in [4.78, 5) is 30.0. The zero-order valence-electron chi connectivity index (χ0n) is 26.2. The number of benzene rings is 2. The van der Waals surface area contributed by atoms with E-state index in [1.807, 2.05) is 49.9 Å². The maximum atomic E-state index is 13.5. The van der Waals surface area contributed by atoms with Crippen LogP contribution in [-0.4, -0.2) is 77.3 Å². The first-order valence-electron chi connectivity index (χ1n) is 15.3. The molecule has 13 heteroatoms. The third-order valence-corrected chi connectivity index (χ3v) is 7.81. The van der Waals surface area contributed by atoms with Crippen molar-refractivity contribution in [3.05, 3.63) is 77.0 Å². The van der Waals surface area contributed by atoms with Gasteiger partial charge >= 0.3 is 12.3 Å². The number of fused-ring (bicyclic) bond motifs is 1. The lowest BCUT2D eigenvalue weighted by Gasteiger charge is -2.35. The van der Waals surface area contributed by atoms with Crippen LogP contribution in [0, 0.1) is 6.57 Å². The van der Waals surface area contributed by atoms with Gasteiger partial charge in [0.2, 0.25) is 0 Å². The van der Waals surface area contributed by atoms with Gasteiger partial charge in [-0.15, -0.1) is 0 Å². The first-order valence-corrected chi connectivity index (χ1v) is 15.3. The molecule has 2 aliphatic heterocycles. The Morgan fingerprint density at radius 2 is 1.76 bits per heavy atom. The summed E-state index contributed by atoms with van der Waals surface area (Å²) in [6.07, 6.45) is -2.01. The Kier molecular flexibility index (Phi) is 9.86. The van der Waals surface area contributed by atoms with Crippen LogP contribution in [0.15, 0.2) is 48.8 Å². The number of carbonyl (C=O) groups excluding carboxylic acids is 1. The standard InChI is InChI=1S/C33H38F3N7O3/c1-32(2,3)46-31(44)42-17-15-41(16-18-42)13-5-19-45-25-9-6-23(7-10-25)40-30-26-12-14-43(21-29(26)38-22-39-30)24-8-11-28(37-4)27(20-24)33(34,35)36/h6-11,20,22H,5,12-19,21H2,1-3H3,(H,38,39,40). The molecule has 0 saturated carbocycles. The fourth-order valence-electron chi connectivity index (χ4n) is 5.46. The van der Waals surface area contributed by atoms with Crippen molar-refractivity contribution in [3.8, 4) is 5.75 Å². The van der Waals surface area contributed by atoms with E-state index in [1.54, 1.807) is 11.0 Å². The van der Waals surface area contributed by atoms with E-state index >= 15 is 0 Å². The Morgan fingerprint density at radius 1 is 1.02 bits per heavy atom. The number of nitrogens with one attached hydrogen (secondary N) is 1. The lowest BCUT2D eigenvalue weighted by atomic mass is 10.0. The SMILES string of the molecule is [C-]#[N+]c1ccc(N2CCc3c(ncnc3Nc3ccc(OCCCN4CCN(C(=O)OC(C)(C)C)CC4)cc3)C2)cc1C(F)(F)F.